The van der Waals surface area contributed by atoms with Gasteiger partial charge in [0, 0.05) is 13.0 Å². The molecule has 1 fully saturated rings. The molecule has 0 heterocycles. The molecule has 13 heavy (non-hydrogen) atoms. The fourth-order valence-corrected chi connectivity index (χ4v) is 2.21. The second-order valence-corrected chi connectivity index (χ2v) is 3.79. The van der Waals surface area contributed by atoms with E-state index in [1.165, 1.54) is 32.1 Å². The Morgan fingerprint density at radius 3 is 2.62 bits per heavy atom. The van der Waals surface area contributed by atoms with Crippen molar-refractivity contribution in [2.75, 3.05) is 6.61 Å². The van der Waals surface area contributed by atoms with Gasteiger partial charge in [0.2, 0.25) is 0 Å². The number of carbonyl (C=O) groups excluding carboxylic acids is 1. The van der Waals surface area contributed by atoms with Gasteiger partial charge in [-0.25, -0.2) is 0 Å². The quantitative estimate of drug-likeness (QED) is 0.614. The standard InChI is InChI=1S/C11H20O2/c1-2-13-11(8-9-12)10-6-4-3-5-7-10/h9-11H,2-8H2,1H3. The first-order valence-corrected chi connectivity index (χ1v) is 5.43. The van der Waals surface area contributed by atoms with Crippen LogP contribution in [0.4, 0.5) is 0 Å². The fraction of sp³-hybridized carbons (Fsp3) is 0.909. The molecular formula is C11H20O2. The smallest absolute Gasteiger partial charge is 0.122 e. The second-order valence-electron chi connectivity index (χ2n) is 3.79. The average molecular weight is 184 g/mol. The van der Waals surface area contributed by atoms with Crippen LogP contribution in [0.5, 0.6) is 0 Å². The lowest BCUT2D eigenvalue weighted by atomic mass is 9.84. The van der Waals surface area contributed by atoms with Gasteiger partial charge in [-0.05, 0) is 25.7 Å². The van der Waals surface area contributed by atoms with Gasteiger partial charge in [-0.2, -0.15) is 0 Å². The first kappa shape index (κ1) is 10.7. The fourth-order valence-electron chi connectivity index (χ4n) is 2.21. The van der Waals surface area contributed by atoms with Gasteiger partial charge in [0.15, 0.2) is 0 Å². The first-order valence-electron chi connectivity index (χ1n) is 5.43. The van der Waals surface area contributed by atoms with Gasteiger partial charge in [-0.15, -0.1) is 0 Å². The van der Waals surface area contributed by atoms with Crippen LogP contribution in [0.2, 0.25) is 0 Å². The van der Waals surface area contributed by atoms with E-state index < -0.39 is 0 Å². The summed E-state index contributed by atoms with van der Waals surface area (Å²) in [4.78, 5) is 10.5. The van der Waals surface area contributed by atoms with E-state index in [0.717, 1.165) is 12.9 Å². The molecule has 1 aliphatic rings. The van der Waals surface area contributed by atoms with E-state index in [1.54, 1.807) is 0 Å². The zero-order valence-electron chi connectivity index (χ0n) is 8.50. The van der Waals surface area contributed by atoms with Gasteiger partial charge >= 0.3 is 0 Å². The van der Waals surface area contributed by atoms with Gasteiger partial charge in [0.25, 0.3) is 0 Å². The number of ether oxygens (including phenoxy) is 1. The molecule has 0 aromatic rings. The second kappa shape index (κ2) is 6.14. The molecule has 0 amide bonds. The van der Waals surface area contributed by atoms with E-state index in [2.05, 4.69) is 0 Å². The molecule has 1 rings (SSSR count). The highest BCUT2D eigenvalue weighted by Crippen LogP contribution is 2.28. The molecule has 0 aromatic carbocycles. The maximum absolute atomic E-state index is 10.5. The summed E-state index contributed by atoms with van der Waals surface area (Å²) >= 11 is 0. The molecule has 76 valence electrons. The molecule has 0 aliphatic heterocycles. The van der Waals surface area contributed by atoms with E-state index >= 15 is 0 Å². The van der Waals surface area contributed by atoms with Crippen LogP contribution in [0.15, 0.2) is 0 Å². The third kappa shape index (κ3) is 3.47. The molecule has 0 bridgehead atoms. The topological polar surface area (TPSA) is 26.3 Å². The van der Waals surface area contributed by atoms with Crippen LogP contribution in [-0.2, 0) is 9.53 Å². The molecule has 0 saturated heterocycles. The van der Waals surface area contributed by atoms with Crippen LogP contribution in [0, 0.1) is 5.92 Å². The van der Waals surface area contributed by atoms with E-state index in [-0.39, 0.29) is 6.10 Å². The molecule has 0 N–H and O–H groups in total. The van der Waals surface area contributed by atoms with Crippen molar-refractivity contribution in [1.29, 1.82) is 0 Å². The van der Waals surface area contributed by atoms with Gasteiger partial charge in [-0.3, -0.25) is 0 Å². The predicted octanol–water partition coefficient (Wildman–Crippen LogP) is 2.56. The molecule has 1 unspecified atom stereocenters. The van der Waals surface area contributed by atoms with Crippen LogP contribution >= 0.6 is 0 Å². The van der Waals surface area contributed by atoms with Crippen LogP contribution in [0.25, 0.3) is 0 Å². The Bertz CT molecular complexity index is 139. The Kier molecular flexibility index (Phi) is 5.06. The lowest BCUT2D eigenvalue weighted by molar-refractivity contribution is -0.111. The van der Waals surface area contributed by atoms with Crippen LogP contribution in [0.1, 0.15) is 45.4 Å². The minimum atomic E-state index is 0.197. The monoisotopic (exact) mass is 184 g/mol. The molecule has 0 radical (unpaired) electrons. The lowest BCUT2D eigenvalue weighted by Crippen LogP contribution is -2.26. The normalized spacial score (nSPS) is 21.3. The van der Waals surface area contributed by atoms with E-state index in [1.807, 2.05) is 6.92 Å². The van der Waals surface area contributed by atoms with E-state index in [4.69, 9.17) is 4.74 Å². The minimum Gasteiger partial charge on any atom is -0.378 e. The maximum Gasteiger partial charge on any atom is 0.122 e. The summed E-state index contributed by atoms with van der Waals surface area (Å²) in [6.07, 6.45) is 8.25. The van der Waals surface area contributed by atoms with Gasteiger partial charge < -0.3 is 9.53 Å². The summed E-state index contributed by atoms with van der Waals surface area (Å²) in [5.74, 6) is 0.638. The Hall–Kier alpha value is -0.370. The molecule has 1 aliphatic carbocycles. The van der Waals surface area contributed by atoms with Crippen molar-refractivity contribution >= 4 is 6.29 Å². The predicted molar refractivity (Wildman–Crippen MR) is 52.7 cm³/mol. The van der Waals surface area contributed by atoms with Gasteiger partial charge in [-0.1, -0.05) is 19.3 Å². The zero-order valence-corrected chi connectivity index (χ0v) is 8.50. The highest BCUT2D eigenvalue weighted by atomic mass is 16.5. The summed E-state index contributed by atoms with van der Waals surface area (Å²) in [5, 5.41) is 0. The summed E-state index contributed by atoms with van der Waals surface area (Å²) in [6, 6.07) is 0. The molecule has 1 saturated carbocycles. The first-order chi connectivity index (χ1) is 6.38. The van der Waals surface area contributed by atoms with Gasteiger partial charge in [0.05, 0.1) is 6.10 Å². The van der Waals surface area contributed by atoms with Crippen molar-refractivity contribution in [2.24, 2.45) is 5.92 Å². The van der Waals surface area contributed by atoms with Crippen molar-refractivity contribution in [1.82, 2.24) is 0 Å². The maximum atomic E-state index is 10.5. The van der Waals surface area contributed by atoms with Gasteiger partial charge in [0.1, 0.15) is 6.29 Å². The Morgan fingerprint density at radius 1 is 1.38 bits per heavy atom. The van der Waals surface area contributed by atoms with Crippen molar-refractivity contribution in [3.8, 4) is 0 Å². The average Bonchev–Trinajstić information content (AvgIpc) is 2.19. The van der Waals surface area contributed by atoms with Crippen molar-refractivity contribution in [3.05, 3.63) is 0 Å². The summed E-state index contributed by atoms with van der Waals surface area (Å²) in [7, 11) is 0. The number of hydrogen-bond donors (Lipinski definition) is 0. The van der Waals surface area contributed by atoms with Crippen molar-refractivity contribution in [3.63, 3.8) is 0 Å². The SMILES string of the molecule is CCOC(CC=O)C1CCCCC1. The third-order valence-electron chi connectivity index (χ3n) is 2.88. The molecule has 0 spiro atoms. The Balaban J connectivity index is 2.36. The zero-order chi connectivity index (χ0) is 9.52. The Morgan fingerprint density at radius 2 is 2.08 bits per heavy atom. The third-order valence-corrected chi connectivity index (χ3v) is 2.88. The van der Waals surface area contributed by atoms with E-state index in [0.29, 0.717) is 12.3 Å². The van der Waals surface area contributed by atoms with Crippen molar-refractivity contribution < 1.29 is 9.53 Å². The molecule has 2 heteroatoms. The number of hydrogen-bond acceptors (Lipinski definition) is 2. The van der Waals surface area contributed by atoms with E-state index in [9.17, 15) is 4.79 Å². The number of carbonyl (C=O) groups is 1. The summed E-state index contributed by atoms with van der Waals surface area (Å²) in [5.41, 5.74) is 0. The number of aldehydes is 1. The molecular weight excluding hydrogens is 164 g/mol. The van der Waals surface area contributed by atoms with Crippen LogP contribution in [-0.4, -0.2) is 19.0 Å². The molecule has 1 atom stereocenters. The Labute approximate surface area is 80.7 Å². The van der Waals surface area contributed by atoms with Crippen LogP contribution < -0.4 is 0 Å². The molecule has 0 aromatic heterocycles. The summed E-state index contributed by atoms with van der Waals surface area (Å²) < 4.78 is 5.59. The highest BCUT2D eigenvalue weighted by Gasteiger charge is 2.23. The highest BCUT2D eigenvalue weighted by molar-refractivity contribution is 5.50. The minimum absolute atomic E-state index is 0.197. The largest absolute Gasteiger partial charge is 0.378 e. The van der Waals surface area contributed by atoms with Crippen LogP contribution in [0.3, 0.4) is 0 Å². The number of rotatable bonds is 5. The summed E-state index contributed by atoms with van der Waals surface area (Å²) in [6.45, 7) is 2.73. The van der Waals surface area contributed by atoms with Crippen molar-refractivity contribution in [2.45, 2.75) is 51.6 Å². The molecule has 2 nitrogen and oxygen atoms in total. The lowest BCUT2D eigenvalue weighted by Gasteiger charge is -2.28.